The van der Waals surface area contributed by atoms with Gasteiger partial charge in [-0.2, -0.15) is 0 Å². The van der Waals surface area contributed by atoms with Crippen molar-refractivity contribution in [3.05, 3.63) is 51.2 Å². The Kier molecular flexibility index (Phi) is 4.80. The van der Waals surface area contributed by atoms with E-state index in [2.05, 4.69) is 5.32 Å². The molecule has 2 heterocycles. The standard InChI is InChI=1S/C17H16ClN3O3S/c1-20(2)9-19-17(24)21-12-6-5-10(18)8-11(12)14(16(21)23)15(22)13-4-3-7-25-13/h3-8,23H,9H2,1-2H3,(H,19,24). The molecular weight excluding hydrogens is 362 g/mol. The number of rotatable bonds is 4. The van der Waals surface area contributed by atoms with E-state index in [1.165, 1.54) is 11.3 Å². The molecule has 0 radical (unpaired) electrons. The predicted molar refractivity (Wildman–Crippen MR) is 98.8 cm³/mol. The third kappa shape index (κ3) is 3.26. The van der Waals surface area contributed by atoms with Crippen molar-refractivity contribution in [1.82, 2.24) is 14.8 Å². The summed E-state index contributed by atoms with van der Waals surface area (Å²) < 4.78 is 1.09. The first-order valence-electron chi connectivity index (χ1n) is 7.44. The van der Waals surface area contributed by atoms with Crippen molar-refractivity contribution in [1.29, 1.82) is 0 Å². The van der Waals surface area contributed by atoms with Gasteiger partial charge in [0.2, 0.25) is 11.7 Å². The molecule has 130 valence electrons. The molecule has 1 amide bonds. The van der Waals surface area contributed by atoms with E-state index in [0.29, 0.717) is 27.5 Å². The van der Waals surface area contributed by atoms with Crippen molar-refractivity contribution in [2.24, 2.45) is 0 Å². The molecule has 0 fully saturated rings. The maximum Gasteiger partial charge on any atom is 0.329 e. The van der Waals surface area contributed by atoms with Crippen LogP contribution in [0.3, 0.4) is 0 Å². The smallest absolute Gasteiger partial charge is 0.329 e. The van der Waals surface area contributed by atoms with Crippen LogP contribution in [0.2, 0.25) is 5.02 Å². The number of carbonyl (C=O) groups excluding carboxylic acids is 2. The molecule has 2 N–H and O–H groups in total. The lowest BCUT2D eigenvalue weighted by molar-refractivity contribution is 0.104. The molecule has 3 rings (SSSR count). The Hall–Kier alpha value is -2.35. The van der Waals surface area contributed by atoms with E-state index in [1.807, 2.05) is 0 Å². The van der Waals surface area contributed by atoms with Gasteiger partial charge in [0.15, 0.2) is 0 Å². The fourth-order valence-electron chi connectivity index (χ4n) is 2.52. The van der Waals surface area contributed by atoms with Crippen LogP contribution in [0.5, 0.6) is 5.88 Å². The van der Waals surface area contributed by atoms with Gasteiger partial charge < -0.3 is 10.4 Å². The summed E-state index contributed by atoms with van der Waals surface area (Å²) >= 11 is 7.33. The maximum absolute atomic E-state index is 12.8. The Morgan fingerprint density at radius 1 is 1.32 bits per heavy atom. The highest BCUT2D eigenvalue weighted by molar-refractivity contribution is 7.12. The third-order valence-corrected chi connectivity index (χ3v) is 4.73. The van der Waals surface area contributed by atoms with Gasteiger partial charge in [-0.05, 0) is 43.7 Å². The number of amides is 1. The van der Waals surface area contributed by atoms with Crippen molar-refractivity contribution in [2.45, 2.75) is 0 Å². The molecule has 0 unspecified atom stereocenters. The second kappa shape index (κ2) is 6.87. The number of hydrogen-bond donors (Lipinski definition) is 2. The number of thiophene rings is 1. The number of halogens is 1. The van der Waals surface area contributed by atoms with Crippen LogP contribution in [0, 0.1) is 0 Å². The van der Waals surface area contributed by atoms with Crippen LogP contribution in [0.15, 0.2) is 35.7 Å². The Morgan fingerprint density at radius 2 is 2.08 bits per heavy atom. The Bertz CT molecular complexity index is 948. The molecule has 8 heteroatoms. The van der Waals surface area contributed by atoms with Crippen molar-refractivity contribution < 1.29 is 14.7 Å². The van der Waals surface area contributed by atoms with Crippen molar-refractivity contribution >= 4 is 45.7 Å². The summed E-state index contributed by atoms with van der Waals surface area (Å²) in [7, 11) is 3.61. The number of aromatic hydroxyl groups is 1. The largest absolute Gasteiger partial charge is 0.494 e. The minimum atomic E-state index is -0.524. The Morgan fingerprint density at radius 3 is 2.72 bits per heavy atom. The van der Waals surface area contributed by atoms with Gasteiger partial charge in [0.1, 0.15) is 0 Å². The van der Waals surface area contributed by atoms with E-state index in [9.17, 15) is 14.7 Å². The summed E-state index contributed by atoms with van der Waals surface area (Å²) in [5.41, 5.74) is 0.484. The SMILES string of the molecule is CN(C)CNC(=O)n1c(O)c(C(=O)c2cccs2)c2cc(Cl)ccc21. The molecule has 0 aliphatic rings. The molecule has 0 saturated carbocycles. The van der Waals surface area contributed by atoms with Gasteiger partial charge in [-0.3, -0.25) is 9.69 Å². The van der Waals surface area contributed by atoms with Gasteiger partial charge in [0.05, 0.1) is 22.6 Å². The van der Waals surface area contributed by atoms with Gasteiger partial charge in [-0.15, -0.1) is 11.3 Å². The van der Waals surface area contributed by atoms with E-state index in [1.54, 1.807) is 54.7 Å². The van der Waals surface area contributed by atoms with Crippen molar-refractivity contribution in [3.63, 3.8) is 0 Å². The average molecular weight is 378 g/mol. The summed E-state index contributed by atoms with van der Waals surface area (Å²) in [6.07, 6.45) is 0. The van der Waals surface area contributed by atoms with Crippen LogP contribution in [-0.4, -0.2) is 47.2 Å². The summed E-state index contributed by atoms with van der Waals surface area (Å²) in [5, 5.41) is 15.9. The van der Waals surface area contributed by atoms with Crippen molar-refractivity contribution in [2.75, 3.05) is 20.8 Å². The normalized spacial score (nSPS) is 11.2. The van der Waals surface area contributed by atoms with Crippen LogP contribution < -0.4 is 5.32 Å². The zero-order valence-electron chi connectivity index (χ0n) is 13.6. The number of carbonyl (C=O) groups is 2. The van der Waals surface area contributed by atoms with E-state index < -0.39 is 11.9 Å². The summed E-state index contributed by atoms with van der Waals surface area (Å²) in [4.78, 5) is 27.6. The van der Waals surface area contributed by atoms with E-state index in [0.717, 1.165) is 4.57 Å². The van der Waals surface area contributed by atoms with Crippen molar-refractivity contribution in [3.8, 4) is 5.88 Å². The molecule has 1 aromatic carbocycles. The summed E-state index contributed by atoms with van der Waals surface area (Å²) in [5.74, 6) is -0.745. The summed E-state index contributed by atoms with van der Waals surface area (Å²) in [6, 6.07) is 7.70. The number of ketones is 1. The van der Waals surface area contributed by atoms with Gasteiger partial charge in [-0.25, -0.2) is 9.36 Å². The zero-order chi connectivity index (χ0) is 18.1. The fraction of sp³-hybridized carbons (Fsp3) is 0.176. The van der Waals surface area contributed by atoms with E-state index >= 15 is 0 Å². The average Bonchev–Trinajstić information content (AvgIpc) is 3.17. The van der Waals surface area contributed by atoms with Gasteiger partial charge in [0, 0.05) is 10.4 Å². The molecule has 6 nitrogen and oxygen atoms in total. The van der Waals surface area contributed by atoms with Crippen LogP contribution in [-0.2, 0) is 0 Å². The number of hydrogen-bond acceptors (Lipinski definition) is 5. The lowest BCUT2D eigenvalue weighted by atomic mass is 10.1. The Labute approximate surface area is 153 Å². The molecule has 0 atom stereocenters. The number of aromatic nitrogens is 1. The van der Waals surface area contributed by atoms with Crippen LogP contribution in [0.4, 0.5) is 4.79 Å². The quantitative estimate of drug-likeness (QED) is 0.540. The first-order valence-corrected chi connectivity index (χ1v) is 8.70. The molecule has 0 spiro atoms. The van der Waals surface area contributed by atoms with Gasteiger partial charge in [-0.1, -0.05) is 17.7 Å². The number of fused-ring (bicyclic) bond motifs is 1. The van der Waals surface area contributed by atoms with Crippen LogP contribution in [0.25, 0.3) is 10.9 Å². The highest BCUT2D eigenvalue weighted by Gasteiger charge is 2.27. The van der Waals surface area contributed by atoms with E-state index in [4.69, 9.17) is 11.6 Å². The fourth-order valence-corrected chi connectivity index (χ4v) is 3.36. The molecular formula is C17H16ClN3O3S. The molecule has 25 heavy (non-hydrogen) atoms. The molecule has 0 aliphatic heterocycles. The molecule has 0 aliphatic carbocycles. The summed E-state index contributed by atoms with van der Waals surface area (Å²) in [6.45, 7) is 0.291. The first kappa shape index (κ1) is 17.5. The zero-order valence-corrected chi connectivity index (χ0v) is 15.2. The lowest BCUT2D eigenvalue weighted by Gasteiger charge is -2.12. The minimum Gasteiger partial charge on any atom is -0.494 e. The minimum absolute atomic E-state index is 0.0694. The second-order valence-electron chi connectivity index (χ2n) is 5.72. The number of nitrogens with one attached hydrogen (secondary N) is 1. The molecule has 0 bridgehead atoms. The second-order valence-corrected chi connectivity index (χ2v) is 7.11. The third-order valence-electron chi connectivity index (χ3n) is 3.63. The lowest BCUT2D eigenvalue weighted by Crippen LogP contribution is -2.35. The van der Waals surface area contributed by atoms with Crippen LogP contribution >= 0.6 is 22.9 Å². The number of nitrogens with zero attached hydrogens (tertiary/aromatic N) is 2. The maximum atomic E-state index is 12.8. The van der Waals surface area contributed by atoms with E-state index in [-0.39, 0.29) is 11.3 Å². The Balaban J connectivity index is 2.17. The predicted octanol–water partition coefficient (Wildman–Crippen LogP) is 3.37. The molecule has 2 aromatic heterocycles. The van der Waals surface area contributed by atoms with Gasteiger partial charge in [0.25, 0.3) is 0 Å². The topological polar surface area (TPSA) is 74.6 Å². The van der Waals surface area contributed by atoms with Gasteiger partial charge >= 0.3 is 6.03 Å². The molecule has 0 saturated heterocycles. The highest BCUT2D eigenvalue weighted by Crippen LogP contribution is 2.35. The monoisotopic (exact) mass is 377 g/mol. The van der Waals surface area contributed by atoms with Crippen LogP contribution in [0.1, 0.15) is 15.2 Å². The number of benzene rings is 1. The molecule has 3 aromatic rings. The first-order chi connectivity index (χ1) is 11.9. The highest BCUT2D eigenvalue weighted by atomic mass is 35.5.